The molecule has 9 heteroatoms. The van der Waals surface area contributed by atoms with E-state index in [4.69, 9.17) is 5.73 Å². The summed E-state index contributed by atoms with van der Waals surface area (Å²) >= 11 is 0. The lowest BCUT2D eigenvalue weighted by atomic mass is 10.0. The van der Waals surface area contributed by atoms with E-state index >= 15 is 0 Å². The highest BCUT2D eigenvalue weighted by atomic mass is 19.4. The molecule has 1 aliphatic heterocycles. The van der Waals surface area contributed by atoms with Crippen molar-refractivity contribution in [2.24, 2.45) is 10.7 Å². The number of anilines is 1. The first-order valence-electron chi connectivity index (χ1n) is 10.9. The summed E-state index contributed by atoms with van der Waals surface area (Å²) in [6.07, 6.45) is -6.07. The maximum Gasteiger partial charge on any atom is 0.406 e. The van der Waals surface area contributed by atoms with Gasteiger partial charge in [0.15, 0.2) is 0 Å². The summed E-state index contributed by atoms with van der Waals surface area (Å²) in [7, 11) is 0. The Bertz CT molecular complexity index is 1230. The van der Waals surface area contributed by atoms with Crippen molar-refractivity contribution in [3.8, 4) is 0 Å². The Hall–Kier alpha value is -3.98. The summed E-state index contributed by atoms with van der Waals surface area (Å²) < 4.78 is 40.4. The molecule has 0 radical (unpaired) electrons. The molecular weight excluding hydrogens is 457 g/mol. The largest absolute Gasteiger partial charge is 0.406 e. The number of aliphatic imine (C=N–C) groups is 1. The van der Waals surface area contributed by atoms with Crippen LogP contribution in [0.15, 0.2) is 89.9 Å². The normalized spacial score (nSPS) is 16.7. The van der Waals surface area contributed by atoms with Crippen LogP contribution in [0.25, 0.3) is 0 Å². The van der Waals surface area contributed by atoms with Gasteiger partial charge in [0.2, 0.25) is 12.1 Å². The first-order chi connectivity index (χ1) is 16.7. The molecule has 3 aromatic rings. The molecule has 0 fully saturated rings. The highest BCUT2D eigenvalue weighted by Crippen LogP contribution is 2.31. The van der Waals surface area contributed by atoms with Gasteiger partial charge in [0.25, 0.3) is 5.91 Å². The van der Waals surface area contributed by atoms with E-state index < -0.39 is 36.7 Å². The number of rotatable bonds is 6. The van der Waals surface area contributed by atoms with Crippen LogP contribution < -0.4 is 16.0 Å². The number of nitrogens with one attached hydrogen (secondary N) is 1. The highest BCUT2D eigenvalue weighted by molar-refractivity contribution is 6.20. The summed E-state index contributed by atoms with van der Waals surface area (Å²) in [6, 6.07) is 23.0. The van der Waals surface area contributed by atoms with Crippen molar-refractivity contribution >= 4 is 23.2 Å². The molecule has 4 rings (SSSR count). The lowest BCUT2D eigenvalue weighted by Crippen LogP contribution is -2.53. The lowest BCUT2D eigenvalue weighted by Gasteiger charge is -2.26. The van der Waals surface area contributed by atoms with Crippen molar-refractivity contribution < 1.29 is 22.8 Å². The van der Waals surface area contributed by atoms with Crippen LogP contribution in [0.5, 0.6) is 0 Å². The van der Waals surface area contributed by atoms with Crippen molar-refractivity contribution in [3.05, 3.63) is 102 Å². The van der Waals surface area contributed by atoms with Gasteiger partial charge in [-0.15, -0.1) is 0 Å². The van der Waals surface area contributed by atoms with Gasteiger partial charge >= 0.3 is 6.18 Å². The Labute approximate surface area is 200 Å². The fourth-order valence-electron chi connectivity index (χ4n) is 3.89. The molecule has 0 aliphatic carbocycles. The predicted octanol–water partition coefficient (Wildman–Crippen LogP) is 3.45. The van der Waals surface area contributed by atoms with Crippen molar-refractivity contribution in [2.45, 2.75) is 24.8 Å². The molecule has 0 spiro atoms. The Morgan fingerprint density at radius 3 is 2.23 bits per heavy atom. The number of para-hydroxylation sites is 1. The number of benzene rings is 3. The van der Waals surface area contributed by atoms with Crippen LogP contribution in [0, 0.1) is 0 Å². The number of nitrogens with two attached hydrogens (primary N) is 1. The molecular formula is C26H23F3N4O2. The monoisotopic (exact) mass is 480 g/mol. The smallest absolute Gasteiger partial charge is 0.325 e. The molecule has 1 aliphatic rings. The maximum absolute atomic E-state index is 13.5. The molecule has 6 nitrogen and oxygen atoms in total. The molecule has 2 atom stereocenters. The zero-order chi connectivity index (χ0) is 25.0. The van der Waals surface area contributed by atoms with E-state index in [1.165, 1.54) is 6.07 Å². The Balaban J connectivity index is 1.72. The van der Waals surface area contributed by atoms with Crippen LogP contribution in [0.3, 0.4) is 0 Å². The first kappa shape index (κ1) is 24.2. The van der Waals surface area contributed by atoms with E-state index in [0.29, 0.717) is 21.7 Å². The van der Waals surface area contributed by atoms with E-state index in [0.717, 1.165) is 5.56 Å². The van der Waals surface area contributed by atoms with Crippen LogP contribution in [0.1, 0.15) is 16.7 Å². The van der Waals surface area contributed by atoms with E-state index in [9.17, 15) is 22.8 Å². The summed E-state index contributed by atoms with van der Waals surface area (Å²) in [5.74, 6) is -1.69. The highest BCUT2D eigenvalue weighted by Gasteiger charge is 2.40. The second-order valence-corrected chi connectivity index (χ2v) is 8.11. The third-order valence-electron chi connectivity index (χ3n) is 5.51. The van der Waals surface area contributed by atoms with Gasteiger partial charge < -0.3 is 11.1 Å². The molecule has 0 saturated carbocycles. The Morgan fingerprint density at radius 1 is 0.971 bits per heavy atom. The van der Waals surface area contributed by atoms with Crippen molar-refractivity contribution in [3.63, 3.8) is 0 Å². The summed E-state index contributed by atoms with van der Waals surface area (Å²) in [6.45, 7) is -1.52. The second-order valence-electron chi connectivity index (χ2n) is 8.11. The SMILES string of the molecule is N[C@H](Cc1ccccc1)C(=O)N[C@H]1N=C(c2ccccc2)c2ccccc2N(CC(F)(F)F)C1=O. The van der Waals surface area contributed by atoms with Gasteiger partial charge in [-0.05, 0) is 18.1 Å². The number of carbonyl (C=O) groups excluding carboxylic acids is 2. The number of hydrogen-bond acceptors (Lipinski definition) is 4. The molecule has 0 aromatic heterocycles. The molecule has 0 unspecified atom stereocenters. The molecule has 0 saturated heterocycles. The number of alkyl halides is 3. The number of carbonyl (C=O) groups is 2. The van der Waals surface area contributed by atoms with Crippen molar-refractivity contribution in [2.75, 3.05) is 11.4 Å². The van der Waals surface area contributed by atoms with Gasteiger partial charge in [-0.2, -0.15) is 13.2 Å². The standard InChI is InChI=1S/C26H23F3N4O2/c27-26(28,29)16-33-21-14-8-7-13-19(21)22(18-11-5-2-6-12-18)31-23(25(33)35)32-24(34)20(30)15-17-9-3-1-4-10-17/h1-14,20,23H,15-16,30H2,(H,32,34)/t20-,23-/m1/s1. The quantitative estimate of drug-likeness (QED) is 0.567. The van der Waals surface area contributed by atoms with E-state index in [1.807, 2.05) is 6.07 Å². The van der Waals surface area contributed by atoms with Gasteiger partial charge in [-0.1, -0.05) is 78.9 Å². The Morgan fingerprint density at radius 2 is 1.57 bits per heavy atom. The fraction of sp³-hybridized carbons (Fsp3) is 0.192. The third kappa shape index (κ3) is 5.75. The Kier molecular flexibility index (Phi) is 6.97. The van der Waals surface area contributed by atoms with E-state index in [-0.39, 0.29) is 12.1 Å². The number of hydrogen-bond donors (Lipinski definition) is 2. The summed E-state index contributed by atoms with van der Waals surface area (Å²) in [5, 5.41) is 2.47. The lowest BCUT2D eigenvalue weighted by molar-refractivity contribution is -0.135. The number of amides is 2. The summed E-state index contributed by atoms with van der Waals surface area (Å²) in [4.78, 5) is 31.3. The minimum Gasteiger partial charge on any atom is -0.325 e. The molecule has 3 aromatic carbocycles. The molecule has 180 valence electrons. The molecule has 1 heterocycles. The second kappa shape index (κ2) is 10.1. The zero-order valence-electron chi connectivity index (χ0n) is 18.6. The predicted molar refractivity (Wildman–Crippen MR) is 127 cm³/mol. The number of fused-ring (bicyclic) bond motifs is 1. The van der Waals surface area contributed by atoms with Crippen LogP contribution in [0.2, 0.25) is 0 Å². The fourth-order valence-corrected chi connectivity index (χ4v) is 3.89. The van der Waals surface area contributed by atoms with Gasteiger partial charge in [0, 0.05) is 11.1 Å². The average Bonchev–Trinajstić information content (AvgIpc) is 2.95. The minimum absolute atomic E-state index is 0.0581. The third-order valence-corrected chi connectivity index (χ3v) is 5.51. The van der Waals surface area contributed by atoms with Crippen LogP contribution >= 0.6 is 0 Å². The summed E-state index contributed by atoms with van der Waals surface area (Å²) in [5.41, 5.74) is 8.15. The zero-order valence-corrected chi connectivity index (χ0v) is 18.6. The average molecular weight is 480 g/mol. The molecule has 2 amide bonds. The maximum atomic E-state index is 13.5. The van der Waals surface area contributed by atoms with Crippen molar-refractivity contribution in [1.82, 2.24) is 5.32 Å². The van der Waals surface area contributed by atoms with Crippen LogP contribution in [-0.2, 0) is 16.0 Å². The number of nitrogens with zero attached hydrogens (tertiary/aromatic N) is 2. The number of halogens is 3. The van der Waals surface area contributed by atoms with Gasteiger partial charge in [0.05, 0.1) is 17.4 Å². The van der Waals surface area contributed by atoms with E-state index in [2.05, 4.69) is 10.3 Å². The van der Waals surface area contributed by atoms with Gasteiger partial charge in [-0.3, -0.25) is 14.5 Å². The number of benzodiazepines with no additional fused rings is 1. The molecule has 0 bridgehead atoms. The first-order valence-corrected chi connectivity index (χ1v) is 10.9. The molecule has 35 heavy (non-hydrogen) atoms. The van der Waals surface area contributed by atoms with Crippen LogP contribution in [0.4, 0.5) is 18.9 Å². The van der Waals surface area contributed by atoms with Crippen LogP contribution in [-0.4, -0.2) is 42.5 Å². The van der Waals surface area contributed by atoms with Crippen molar-refractivity contribution in [1.29, 1.82) is 0 Å². The van der Waals surface area contributed by atoms with Gasteiger partial charge in [0.1, 0.15) is 6.54 Å². The topological polar surface area (TPSA) is 87.8 Å². The molecule has 3 N–H and O–H groups in total. The van der Waals surface area contributed by atoms with Gasteiger partial charge in [-0.25, -0.2) is 4.99 Å². The minimum atomic E-state index is -4.67. The van der Waals surface area contributed by atoms with E-state index in [1.54, 1.807) is 72.8 Å².